The summed E-state index contributed by atoms with van der Waals surface area (Å²) in [6.45, 7) is 3.18. The van der Waals surface area contributed by atoms with Gasteiger partial charge in [0.25, 0.3) is 5.56 Å². The summed E-state index contributed by atoms with van der Waals surface area (Å²) in [5, 5.41) is 3.57. The van der Waals surface area contributed by atoms with Crippen molar-refractivity contribution in [2.24, 2.45) is 5.92 Å². The number of aromatic nitrogens is 2. The van der Waals surface area contributed by atoms with Gasteiger partial charge in [-0.25, -0.2) is 4.98 Å². The summed E-state index contributed by atoms with van der Waals surface area (Å²) in [4.78, 5) is 34.8. The Morgan fingerprint density at radius 1 is 1.19 bits per heavy atom. The zero-order valence-electron chi connectivity index (χ0n) is 18.8. The van der Waals surface area contributed by atoms with Gasteiger partial charge < -0.3 is 24.7 Å². The van der Waals surface area contributed by atoms with Crippen LogP contribution in [0.5, 0.6) is 11.5 Å². The molecule has 2 aromatic rings. The van der Waals surface area contributed by atoms with Crippen molar-refractivity contribution in [3.8, 4) is 11.5 Å². The van der Waals surface area contributed by atoms with Gasteiger partial charge in [-0.2, -0.15) is 0 Å². The van der Waals surface area contributed by atoms with Crippen LogP contribution in [0.3, 0.4) is 0 Å². The number of hydrogen-bond acceptors (Lipinski definition) is 7. The number of hydrogen-bond donors (Lipinski definition) is 2. The Hall–Kier alpha value is -2.26. The quantitative estimate of drug-likeness (QED) is 0.625. The third-order valence-electron chi connectivity index (χ3n) is 6.52. The van der Waals surface area contributed by atoms with E-state index in [1.807, 2.05) is 0 Å². The summed E-state index contributed by atoms with van der Waals surface area (Å²) < 4.78 is 10.6. The van der Waals surface area contributed by atoms with E-state index < -0.39 is 0 Å². The molecule has 4 rings (SSSR count). The Bertz CT molecular complexity index is 1010. The first kappa shape index (κ1) is 22.9. The zero-order chi connectivity index (χ0) is 22.5. The van der Waals surface area contributed by atoms with Crippen LogP contribution in [0.4, 0.5) is 0 Å². The molecule has 32 heavy (non-hydrogen) atoms. The van der Waals surface area contributed by atoms with Gasteiger partial charge in [0.05, 0.1) is 36.6 Å². The molecule has 174 valence electrons. The number of rotatable bonds is 8. The van der Waals surface area contributed by atoms with Gasteiger partial charge in [0.2, 0.25) is 5.91 Å². The van der Waals surface area contributed by atoms with Crippen LogP contribution in [0.25, 0.3) is 10.9 Å². The zero-order valence-corrected chi connectivity index (χ0v) is 19.6. The molecule has 0 unspecified atom stereocenters. The maximum absolute atomic E-state index is 12.5. The van der Waals surface area contributed by atoms with Crippen LogP contribution in [0.1, 0.15) is 37.9 Å². The molecule has 9 heteroatoms. The maximum Gasteiger partial charge on any atom is 0.258 e. The van der Waals surface area contributed by atoms with Gasteiger partial charge in [-0.15, -0.1) is 11.8 Å². The van der Waals surface area contributed by atoms with Crippen LogP contribution in [0.2, 0.25) is 0 Å². The molecule has 0 radical (unpaired) electrons. The number of methoxy groups -OCH3 is 2. The van der Waals surface area contributed by atoms with E-state index in [2.05, 4.69) is 20.2 Å². The Morgan fingerprint density at radius 2 is 1.97 bits per heavy atom. The summed E-state index contributed by atoms with van der Waals surface area (Å²) in [6, 6.07) is 3.96. The van der Waals surface area contributed by atoms with Crippen LogP contribution < -0.4 is 20.3 Å². The molecule has 1 amide bonds. The molecule has 0 spiro atoms. The Balaban J connectivity index is 1.30. The lowest BCUT2D eigenvalue weighted by Crippen LogP contribution is -2.51. The first-order valence-electron chi connectivity index (χ1n) is 11.3. The van der Waals surface area contributed by atoms with Crippen LogP contribution in [0, 0.1) is 5.92 Å². The second kappa shape index (κ2) is 10.6. The first-order chi connectivity index (χ1) is 15.6. The predicted molar refractivity (Wildman–Crippen MR) is 127 cm³/mol. The third-order valence-corrected chi connectivity index (χ3v) is 7.47. The lowest BCUT2D eigenvalue weighted by Gasteiger charge is -2.44. The number of piperidine rings is 2. The van der Waals surface area contributed by atoms with E-state index in [-0.39, 0.29) is 11.5 Å². The second-order valence-electron chi connectivity index (χ2n) is 8.54. The number of benzene rings is 1. The molecular formula is C23H32N4O4S. The van der Waals surface area contributed by atoms with Gasteiger partial charge >= 0.3 is 0 Å². The minimum atomic E-state index is -0.231. The molecule has 2 aliphatic rings. The number of aromatic amines is 1. The third kappa shape index (κ3) is 5.20. The highest BCUT2D eigenvalue weighted by Crippen LogP contribution is 2.31. The molecule has 8 nitrogen and oxygen atoms in total. The van der Waals surface area contributed by atoms with Gasteiger partial charge in [-0.3, -0.25) is 9.59 Å². The first-order valence-corrected chi connectivity index (χ1v) is 12.5. The fraction of sp³-hybridized carbons (Fsp3) is 0.609. The van der Waals surface area contributed by atoms with Crippen molar-refractivity contribution in [1.82, 2.24) is 20.2 Å². The van der Waals surface area contributed by atoms with Gasteiger partial charge in [0.15, 0.2) is 11.5 Å². The van der Waals surface area contributed by atoms with Crippen LogP contribution in [0.15, 0.2) is 16.9 Å². The average Bonchev–Trinajstić information content (AvgIpc) is 2.82. The van der Waals surface area contributed by atoms with Crippen LogP contribution in [-0.2, 0) is 10.5 Å². The minimum Gasteiger partial charge on any atom is -0.493 e. The molecule has 1 aromatic heterocycles. The lowest BCUT2D eigenvalue weighted by molar-refractivity contribution is -0.119. The van der Waals surface area contributed by atoms with Gasteiger partial charge in [-0.05, 0) is 50.8 Å². The van der Waals surface area contributed by atoms with Crippen molar-refractivity contribution in [2.75, 3.05) is 39.6 Å². The molecular weight excluding hydrogens is 428 g/mol. The summed E-state index contributed by atoms with van der Waals surface area (Å²) in [7, 11) is 3.08. The number of fused-ring (bicyclic) bond motifs is 2. The average molecular weight is 461 g/mol. The van der Waals surface area contributed by atoms with Crippen molar-refractivity contribution < 1.29 is 14.3 Å². The molecule has 2 saturated heterocycles. The monoisotopic (exact) mass is 460 g/mol. The molecule has 3 heterocycles. The maximum atomic E-state index is 12.5. The highest BCUT2D eigenvalue weighted by Gasteiger charge is 2.32. The Labute approximate surface area is 192 Å². The number of ether oxygens (including phenoxy) is 2. The van der Waals surface area contributed by atoms with Gasteiger partial charge in [-0.1, -0.05) is 6.42 Å². The van der Waals surface area contributed by atoms with E-state index in [1.165, 1.54) is 64.1 Å². The highest BCUT2D eigenvalue weighted by atomic mass is 32.2. The Kier molecular flexibility index (Phi) is 7.57. The molecule has 1 aromatic carbocycles. The number of nitrogens with zero attached hydrogens (tertiary/aromatic N) is 2. The number of H-pyrrole nitrogens is 1. The fourth-order valence-electron chi connectivity index (χ4n) is 4.93. The molecule has 2 N–H and O–H groups in total. The van der Waals surface area contributed by atoms with Crippen molar-refractivity contribution in [3.63, 3.8) is 0 Å². The topological polar surface area (TPSA) is 96.5 Å². The number of carbonyl (C=O) groups excluding carboxylic acids is 1. The normalized spacial score (nSPS) is 21.2. The molecule has 2 fully saturated rings. The fourth-order valence-corrected chi connectivity index (χ4v) is 5.65. The summed E-state index contributed by atoms with van der Waals surface area (Å²) in [6.07, 6.45) is 6.29. The number of thioether (sulfide) groups is 1. The van der Waals surface area contributed by atoms with E-state index in [4.69, 9.17) is 9.47 Å². The van der Waals surface area contributed by atoms with Gasteiger partial charge in [0, 0.05) is 18.7 Å². The largest absolute Gasteiger partial charge is 0.493 e. The van der Waals surface area contributed by atoms with E-state index in [9.17, 15) is 9.59 Å². The SMILES string of the molecule is COc1cc2nc(CSCC(=O)NC[C@H]3CCCN4CCCC[C@@H]34)[nH]c(=O)c2cc1OC. The molecule has 0 saturated carbocycles. The van der Waals surface area contributed by atoms with Crippen molar-refractivity contribution in [3.05, 3.63) is 28.3 Å². The number of carbonyl (C=O) groups is 1. The van der Waals surface area contributed by atoms with Gasteiger partial charge in [0.1, 0.15) is 5.82 Å². The highest BCUT2D eigenvalue weighted by molar-refractivity contribution is 7.99. The number of nitrogens with one attached hydrogen (secondary N) is 2. The van der Waals surface area contributed by atoms with Crippen molar-refractivity contribution in [2.45, 2.75) is 43.9 Å². The van der Waals surface area contributed by atoms with Crippen LogP contribution in [-0.4, -0.2) is 66.4 Å². The van der Waals surface area contributed by atoms with E-state index in [0.29, 0.717) is 51.7 Å². The van der Waals surface area contributed by atoms with Crippen molar-refractivity contribution >= 4 is 28.6 Å². The van der Waals surface area contributed by atoms with Crippen molar-refractivity contribution in [1.29, 1.82) is 0 Å². The molecule has 0 aliphatic carbocycles. The second-order valence-corrected chi connectivity index (χ2v) is 9.52. The minimum absolute atomic E-state index is 0.0393. The summed E-state index contributed by atoms with van der Waals surface area (Å²) >= 11 is 1.45. The van der Waals surface area contributed by atoms with E-state index >= 15 is 0 Å². The van der Waals surface area contributed by atoms with E-state index in [1.54, 1.807) is 19.2 Å². The summed E-state index contributed by atoms with van der Waals surface area (Å²) in [5.74, 6) is 2.94. The Morgan fingerprint density at radius 3 is 2.78 bits per heavy atom. The molecule has 0 bridgehead atoms. The predicted octanol–water partition coefficient (Wildman–Crippen LogP) is 2.55. The smallest absolute Gasteiger partial charge is 0.258 e. The lowest BCUT2D eigenvalue weighted by atomic mass is 9.83. The standard InChI is InChI=1S/C23H32N4O4S/c1-30-19-10-16-17(11-20(19)31-2)25-21(26-23(16)29)13-32-14-22(28)24-12-15-6-5-9-27-8-4-3-7-18(15)27/h10-11,15,18H,3-9,12-14H2,1-2H3,(H,24,28)(H,25,26,29)/t15-,18+/m1/s1. The van der Waals surface area contributed by atoms with Crippen LogP contribution >= 0.6 is 11.8 Å². The number of amides is 1. The van der Waals surface area contributed by atoms with E-state index in [0.717, 1.165) is 6.54 Å². The molecule has 2 atom stereocenters. The molecule has 2 aliphatic heterocycles. The summed E-state index contributed by atoms with van der Waals surface area (Å²) in [5.41, 5.74) is 0.311.